The third-order valence-corrected chi connectivity index (χ3v) is 4.40. The number of nitrogens with one attached hydrogen (secondary N) is 1. The van der Waals surface area contributed by atoms with Crippen LogP contribution in [-0.2, 0) is 9.59 Å². The van der Waals surface area contributed by atoms with E-state index in [4.69, 9.17) is 5.11 Å². The molecule has 1 aromatic rings. The topological polar surface area (TPSA) is 134 Å². The molecule has 120 valence electrons. The molecule has 0 radical (unpaired) electrons. The summed E-state index contributed by atoms with van der Waals surface area (Å²) in [6.07, 6.45) is 0.988. The Labute approximate surface area is 142 Å². The van der Waals surface area contributed by atoms with Crippen molar-refractivity contribution in [1.29, 1.82) is 0 Å². The number of nitrogens with zero attached hydrogens (tertiary/aromatic N) is 3. The predicted octanol–water partition coefficient (Wildman–Crippen LogP) is 1.75. The number of thioether (sulfide) groups is 1. The average molecular weight is 401 g/mol. The molecule has 0 aliphatic carbocycles. The molecule has 1 unspecified atom stereocenters. The molecule has 1 atom stereocenters. The van der Waals surface area contributed by atoms with E-state index in [1.165, 1.54) is 18.3 Å². The van der Waals surface area contributed by atoms with E-state index in [-0.39, 0.29) is 17.3 Å². The summed E-state index contributed by atoms with van der Waals surface area (Å²) in [5.41, 5.74) is 0.354. The zero-order valence-corrected chi connectivity index (χ0v) is 13.7. The Kier molecular flexibility index (Phi) is 5.45. The fourth-order valence-corrected chi connectivity index (χ4v) is 2.95. The van der Waals surface area contributed by atoms with Crippen LogP contribution in [0, 0.1) is 10.1 Å². The zero-order valence-electron chi connectivity index (χ0n) is 11.3. The molecule has 1 heterocycles. The lowest BCUT2D eigenvalue weighted by molar-refractivity contribution is -0.385. The van der Waals surface area contributed by atoms with E-state index in [9.17, 15) is 19.7 Å². The lowest BCUT2D eigenvalue weighted by Gasteiger charge is -1.98. The summed E-state index contributed by atoms with van der Waals surface area (Å²) < 4.78 is 0.348. The first-order chi connectivity index (χ1) is 10.9. The van der Waals surface area contributed by atoms with Gasteiger partial charge in [-0.15, -0.1) is 5.10 Å². The number of carbonyl (C=O) groups is 2. The van der Waals surface area contributed by atoms with Gasteiger partial charge in [-0.2, -0.15) is 5.10 Å². The van der Waals surface area contributed by atoms with Gasteiger partial charge in [-0.05, 0) is 22.0 Å². The summed E-state index contributed by atoms with van der Waals surface area (Å²) in [5, 5.41) is 28.9. The molecule has 23 heavy (non-hydrogen) atoms. The maximum Gasteiger partial charge on any atom is 0.305 e. The molecule has 1 aromatic carbocycles. The number of benzene rings is 1. The number of carbonyl (C=O) groups excluding carboxylic acids is 1. The van der Waals surface area contributed by atoms with E-state index in [0.717, 1.165) is 11.8 Å². The highest BCUT2D eigenvalue weighted by atomic mass is 79.9. The number of halogens is 1. The van der Waals surface area contributed by atoms with Gasteiger partial charge in [-0.1, -0.05) is 17.8 Å². The van der Waals surface area contributed by atoms with Crippen LogP contribution in [-0.4, -0.2) is 38.5 Å². The van der Waals surface area contributed by atoms with E-state index in [2.05, 4.69) is 31.4 Å². The Morgan fingerprint density at radius 3 is 2.96 bits per heavy atom. The van der Waals surface area contributed by atoms with Crippen molar-refractivity contribution < 1.29 is 19.6 Å². The van der Waals surface area contributed by atoms with Gasteiger partial charge < -0.3 is 10.4 Å². The largest absolute Gasteiger partial charge is 0.481 e. The molecular formula is C12H9BrN4O5S. The Morgan fingerprint density at radius 1 is 1.57 bits per heavy atom. The SMILES string of the molecule is O=C(O)CC1SC(=NN=Cc2ccc(Br)c([N+](=O)[O-])c2)NC1=O. The van der Waals surface area contributed by atoms with Gasteiger partial charge in [0.25, 0.3) is 5.69 Å². The quantitative estimate of drug-likeness (QED) is 0.439. The molecular weight excluding hydrogens is 392 g/mol. The molecule has 1 saturated heterocycles. The number of hydrogen-bond acceptors (Lipinski definition) is 7. The van der Waals surface area contributed by atoms with E-state index < -0.39 is 22.0 Å². The molecule has 1 fully saturated rings. The molecule has 1 amide bonds. The van der Waals surface area contributed by atoms with E-state index in [1.807, 2.05) is 0 Å². The van der Waals surface area contributed by atoms with Crippen molar-refractivity contribution in [3.8, 4) is 0 Å². The third-order valence-electron chi connectivity index (χ3n) is 2.66. The highest BCUT2D eigenvalue weighted by Gasteiger charge is 2.32. The minimum Gasteiger partial charge on any atom is -0.481 e. The Hall–Kier alpha value is -2.27. The Bertz CT molecular complexity index is 736. The lowest BCUT2D eigenvalue weighted by atomic mass is 10.2. The first kappa shape index (κ1) is 17.1. The fourth-order valence-electron chi connectivity index (χ4n) is 1.64. The van der Waals surface area contributed by atoms with E-state index in [0.29, 0.717) is 10.0 Å². The van der Waals surface area contributed by atoms with Crippen LogP contribution >= 0.6 is 27.7 Å². The van der Waals surface area contributed by atoms with Gasteiger partial charge in [0.15, 0.2) is 5.17 Å². The molecule has 0 aromatic heterocycles. The second kappa shape index (κ2) is 7.33. The monoisotopic (exact) mass is 400 g/mol. The van der Waals surface area contributed by atoms with Gasteiger partial charge >= 0.3 is 5.97 Å². The first-order valence-corrected chi connectivity index (χ1v) is 7.78. The molecule has 0 spiro atoms. The number of nitro groups is 1. The summed E-state index contributed by atoms with van der Waals surface area (Å²) in [4.78, 5) is 32.4. The van der Waals surface area contributed by atoms with Crippen LogP contribution in [0.5, 0.6) is 0 Å². The van der Waals surface area contributed by atoms with Crippen LogP contribution < -0.4 is 5.32 Å². The van der Waals surface area contributed by atoms with E-state index in [1.54, 1.807) is 6.07 Å². The van der Waals surface area contributed by atoms with Crippen LogP contribution in [0.2, 0.25) is 0 Å². The average Bonchev–Trinajstić information content (AvgIpc) is 2.80. The maximum atomic E-state index is 11.5. The smallest absolute Gasteiger partial charge is 0.305 e. The highest BCUT2D eigenvalue weighted by Crippen LogP contribution is 2.25. The second-order valence-electron chi connectivity index (χ2n) is 4.31. The van der Waals surface area contributed by atoms with Crippen LogP contribution in [0.25, 0.3) is 0 Å². The normalized spacial score (nSPS) is 19.3. The molecule has 11 heteroatoms. The zero-order chi connectivity index (χ0) is 17.0. The summed E-state index contributed by atoms with van der Waals surface area (Å²) in [7, 11) is 0. The van der Waals surface area contributed by atoms with Gasteiger partial charge in [0.2, 0.25) is 5.91 Å². The minimum absolute atomic E-state index is 0.105. The van der Waals surface area contributed by atoms with Crippen LogP contribution in [0.3, 0.4) is 0 Å². The summed E-state index contributed by atoms with van der Waals surface area (Å²) >= 11 is 4.05. The van der Waals surface area contributed by atoms with Crippen molar-refractivity contribution in [2.45, 2.75) is 11.7 Å². The van der Waals surface area contributed by atoms with Gasteiger partial charge in [0.1, 0.15) is 5.25 Å². The van der Waals surface area contributed by atoms with Crippen molar-refractivity contribution in [3.05, 3.63) is 38.3 Å². The molecule has 1 aliphatic rings. The van der Waals surface area contributed by atoms with E-state index >= 15 is 0 Å². The molecule has 2 N–H and O–H groups in total. The fraction of sp³-hybridized carbons (Fsp3) is 0.167. The van der Waals surface area contributed by atoms with Crippen LogP contribution in [0.1, 0.15) is 12.0 Å². The van der Waals surface area contributed by atoms with Crippen molar-refractivity contribution in [3.63, 3.8) is 0 Å². The van der Waals surface area contributed by atoms with Crippen LogP contribution in [0.15, 0.2) is 32.9 Å². The van der Waals surface area contributed by atoms with Crippen molar-refractivity contribution in [2.75, 3.05) is 0 Å². The third kappa shape index (κ3) is 4.60. The predicted molar refractivity (Wildman–Crippen MR) is 87.6 cm³/mol. The van der Waals surface area contributed by atoms with Crippen LogP contribution in [0.4, 0.5) is 5.69 Å². The number of hydrogen-bond donors (Lipinski definition) is 2. The number of rotatable bonds is 5. The molecule has 9 nitrogen and oxygen atoms in total. The van der Waals surface area contributed by atoms with Gasteiger partial charge in [-0.3, -0.25) is 19.7 Å². The van der Waals surface area contributed by atoms with Gasteiger partial charge in [0.05, 0.1) is 22.0 Å². The van der Waals surface area contributed by atoms with Gasteiger partial charge in [-0.25, -0.2) is 0 Å². The molecule has 0 bridgehead atoms. The Morgan fingerprint density at radius 2 is 2.30 bits per heavy atom. The maximum absolute atomic E-state index is 11.5. The standard InChI is InChI=1S/C12H9BrN4O5S/c13-7-2-1-6(3-8(7)17(21)22)5-14-16-12-15-11(20)9(23-12)4-10(18)19/h1-3,5,9H,4H2,(H,18,19)(H,15,16,20). The van der Waals surface area contributed by atoms with Crippen molar-refractivity contribution in [1.82, 2.24) is 5.32 Å². The molecule has 2 rings (SSSR count). The molecule has 0 saturated carbocycles. The first-order valence-electron chi connectivity index (χ1n) is 6.11. The number of carboxylic acid groups (broad SMARTS) is 1. The highest BCUT2D eigenvalue weighted by molar-refractivity contribution is 9.10. The minimum atomic E-state index is -1.08. The second-order valence-corrected chi connectivity index (χ2v) is 6.36. The summed E-state index contributed by atoms with van der Waals surface area (Å²) in [6.45, 7) is 0. The van der Waals surface area contributed by atoms with Crippen molar-refractivity contribution in [2.24, 2.45) is 10.2 Å². The molecule has 1 aliphatic heterocycles. The lowest BCUT2D eigenvalue weighted by Crippen LogP contribution is -2.26. The number of nitro benzene ring substituents is 1. The number of amides is 1. The number of amidine groups is 1. The summed E-state index contributed by atoms with van der Waals surface area (Å²) in [5.74, 6) is -1.52. The Balaban J connectivity index is 2.07. The number of carboxylic acids is 1. The number of aliphatic carboxylic acids is 1. The van der Waals surface area contributed by atoms with Gasteiger partial charge in [0, 0.05) is 11.6 Å². The summed E-state index contributed by atoms with van der Waals surface area (Å²) in [6, 6.07) is 4.44. The van der Waals surface area contributed by atoms with Crippen molar-refractivity contribution >= 4 is 56.6 Å².